The number of Topliss-reactive ketones (excluding diaryl/α,β-unsaturated/α-hetero) is 1. The Kier molecular flexibility index (Phi) is 9.74. The molecule has 2 rings (SSSR count). The van der Waals surface area contributed by atoms with Gasteiger partial charge in [0.2, 0.25) is 6.04 Å². The lowest BCUT2D eigenvalue weighted by atomic mass is 10.2. The maximum atomic E-state index is 13.0. The van der Waals surface area contributed by atoms with Crippen LogP contribution in [-0.4, -0.2) is 45.2 Å². The average molecular weight is 498 g/mol. The quantitative estimate of drug-likeness (QED) is 0.234. The van der Waals surface area contributed by atoms with Crippen LogP contribution >= 0.6 is 23.4 Å². The molecule has 33 heavy (non-hydrogen) atoms. The minimum absolute atomic E-state index is 0.246. The zero-order valence-electron chi connectivity index (χ0n) is 18.9. The first kappa shape index (κ1) is 26.2. The van der Waals surface area contributed by atoms with Gasteiger partial charge in [-0.1, -0.05) is 11.6 Å². The van der Waals surface area contributed by atoms with Gasteiger partial charge in [0.15, 0.2) is 17.3 Å². The third-order valence-electron chi connectivity index (χ3n) is 4.30. The van der Waals surface area contributed by atoms with Gasteiger partial charge in [0.25, 0.3) is 5.91 Å². The molecule has 1 amide bonds. The Labute approximate surface area is 202 Å². The second kappa shape index (κ2) is 12.3. The molecule has 9 nitrogen and oxygen atoms in total. The van der Waals surface area contributed by atoms with Gasteiger partial charge in [0.05, 0.1) is 38.1 Å². The highest BCUT2D eigenvalue weighted by atomic mass is 35.5. The van der Waals surface area contributed by atoms with Crippen LogP contribution < -0.4 is 23.4 Å². The van der Waals surface area contributed by atoms with E-state index in [2.05, 4.69) is 10.2 Å². The number of amides is 1. The number of ketones is 1. The summed E-state index contributed by atoms with van der Waals surface area (Å²) >= 11 is 12.4. The van der Waals surface area contributed by atoms with Gasteiger partial charge < -0.3 is 18.9 Å². The summed E-state index contributed by atoms with van der Waals surface area (Å²) in [4.78, 5) is 25.2. The SMILES string of the molecule is CCOc1cc(N=NC(C(C)=O)C(=O)N(Cl)c2ccc(OC)c(OC)c2)c(OCC)cc1Cl. The maximum Gasteiger partial charge on any atom is 0.276 e. The molecule has 2 aromatic rings. The molecule has 1 unspecified atom stereocenters. The highest BCUT2D eigenvalue weighted by Crippen LogP contribution is 2.38. The third-order valence-corrected chi connectivity index (χ3v) is 4.96. The summed E-state index contributed by atoms with van der Waals surface area (Å²) in [6.07, 6.45) is 0. The van der Waals surface area contributed by atoms with Crippen molar-refractivity contribution in [1.82, 2.24) is 0 Å². The number of azo groups is 1. The molecule has 178 valence electrons. The minimum atomic E-state index is -1.49. The van der Waals surface area contributed by atoms with E-state index in [9.17, 15) is 9.59 Å². The van der Waals surface area contributed by atoms with Crippen LogP contribution in [0.5, 0.6) is 23.0 Å². The van der Waals surface area contributed by atoms with Crippen molar-refractivity contribution in [2.75, 3.05) is 31.9 Å². The summed E-state index contributed by atoms with van der Waals surface area (Å²) < 4.78 is 22.2. The predicted molar refractivity (Wildman–Crippen MR) is 126 cm³/mol. The molecule has 0 spiro atoms. The van der Waals surface area contributed by atoms with Crippen molar-refractivity contribution in [1.29, 1.82) is 0 Å². The predicted octanol–water partition coefficient (Wildman–Crippen LogP) is 5.38. The average Bonchev–Trinajstić information content (AvgIpc) is 2.80. The van der Waals surface area contributed by atoms with Crippen LogP contribution in [0.15, 0.2) is 40.6 Å². The van der Waals surface area contributed by atoms with Gasteiger partial charge in [-0.2, -0.15) is 10.2 Å². The van der Waals surface area contributed by atoms with Crippen molar-refractivity contribution in [3.05, 3.63) is 35.4 Å². The summed E-state index contributed by atoms with van der Waals surface area (Å²) in [6, 6.07) is 6.19. The number of carbonyl (C=O) groups excluding carboxylic acids is 2. The van der Waals surface area contributed by atoms with Gasteiger partial charge in [-0.15, -0.1) is 0 Å². The lowest BCUT2D eigenvalue weighted by Crippen LogP contribution is -2.36. The van der Waals surface area contributed by atoms with E-state index in [1.165, 1.54) is 39.3 Å². The summed E-state index contributed by atoms with van der Waals surface area (Å²) in [7, 11) is 2.94. The first-order chi connectivity index (χ1) is 15.8. The lowest BCUT2D eigenvalue weighted by Gasteiger charge is -2.18. The Morgan fingerprint density at radius 3 is 2.18 bits per heavy atom. The van der Waals surface area contributed by atoms with E-state index in [1.807, 2.05) is 6.92 Å². The molecule has 0 aromatic heterocycles. The standard InChI is InChI=1S/C22H25Cl2N3O6/c1-6-32-18-12-16(19(33-7-2)11-15(18)23)25-26-21(13(3)28)22(29)27(24)14-8-9-17(30-4)20(10-14)31-5/h8-12,21H,6-7H2,1-5H3. The summed E-state index contributed by atoms with van der Waals surface area (Å²) in [5.74, 6) is 0.167. The number of ether oxygens (including phenoxy) is 4. The van der Waals surface area contributed by atoms with E-state index in [-0.39, 0.29) is 11.4 Å². The summed E-state index contributed by atoms with van der Waals surface area (Å²) in [5, 5.41) is 8.37. The van der Waals surface area contributed by atoms with Crippen molar-refractivity contribution in [3.63, 3.8) is 0 Å². The number of nitrogens with zero attached hydrogens (tertiary/aromatic N) is 3. The normalized spacial score (nSPS) is 11.7. The van der Waals surface area contributed by atoms with Gasteiger partial charge in [0.1, 0.15) is 17.2 Å². The summed E-state index contributed by atoms with van der Waals surface area (Å²) in [6.45, 7) is 5.54. The van der Waals surface area contributed by atoms with Gasteiger partial charge >= 0.3 is 0 Å². The monoisotopic (exact) mass is 497 g/mol. The van der Waals surface area contributed by atoms with Crippen LogP contribution in [0.1, 0.15) is 20.8 Å². The second-order valence-corrected chi connectivity index (χ2v) is 7.25. The number of halogens is 2. The Morgan fingerprint density at radius 2 is 1.61 bits per heavy atom. The zero-order valence-corrected chi connectivity index (χ0v) is 20.4. The number of hydrogen-bond acceptors (Lipinski definition) is 8. The Bertz CT molecular complexity index is 1030. The minimum Gasteiger partial charge on any atom is -0.493 e. The zero-order chi connectivity index (χ0) is 24.5. The fourth-order valence-electron chi connectivity index (χ4n) is 2.75. The molecule has 0 radical (unpaired) electrons. The maximum absolute atomic E-state index is 13.0. The topological polar surface area (TPSA) is 99.0 Å². The van der Waals surface area contributed by atoms with Crippen LogP contribution in [0.2, 0.25) is 5.02 Å². The van der Waals surface area contributed by atoms with Crippen molar-refractivity contribution >= 4 is 46.4 Å². The van der Waals surface area contributed by atoms with Gasteiger partial charge in [-0.25, -0.2) is 4.42 Å². The molecule has 0 fully saturated rings. The molecule has 11 heteroatoms. The first-order valence-electron chi connectivity index (χ1n) is 9.99. The molecule has 0 aliphatic carbocycles. The molecule has 2 aromatic carbocycles. The molecule has 0 aliphatic heterocycles. The van der Waals surface area contributed by atoms with Crippen LogP contribution in [0.4, 0.5) is 11.4 Å². The Morgan fingerprint density at radius 1 is 0.970 bits per heavy atom. The molecule has 0 N–H and O–H groups in total. The Balaban J connectivity index is 2.38. The van der Waals surface area contributed by atoms with E-state index < -0.39 is 17.7 Å². The van der Waals surface area contributed by atoms with Crippen molar-refractivity contribution in [2.24, 2.45) is 10.2 Å². The van der Waals surface area contributed by atoms with Gasteiger partial charge in [-0.3, -0.25) is 9.59 Å². The second-order valence-electron chi connectivity index (χ2n) is 6.50. The van der Waals surface area contributed by atoms with E-state index >= 15 is 0 Å². The fraction of sp³-hybridized carbons (Fsp3) is 0.364. The van der Waals surface area contributed by atoms with E-state index in [0.29, 0.717) is 41.2 Å². The first-order valence-corrected chi connectivity index (χ1v) is 10.7. The molecular formula is C22H25Cl2N3O6. The molecule has 0 bridgehead atoms. The van der Waals surface area contributed by atoms with Crippen LogP contribution in [-0.2, 0) is 9.59 Å². The van der Waals surface area contributed by atoms with Crippen molar-refractivity contribution < 1.29 is 28.5 Å². The number of carbonyl (C=O) groups is 2. The van der Waals surface area contributed by atoms with E-state index in [0.717, 1.165) is 4.42 Å². The molecule has 0 saturated carbocycles. The number of methoxy groups -OCH3 is 2. The number of rotatable bonds is 11. The largest absolute Gasteiger partial charge is 0.493 e. The van der Waals surface area contributed by atoms with Crippen LogP contribution in [0.3, 0.4) is 0 Å². The van der Waals surface area contributed by atoms with Gasteiger partial charge in [0, 0.05) is 30.0 Å². The lowest BCUT2D eigenvalue weighted by molar-refractivity contribution is -0.126. The summed E-state index contributed by atoms with van der Waals surface area (Å²) in [5.41, 5.74) is 0.511. The van der Waals surface area contributed by atoms with E-state index in [4.69, 9.17) is 42.3 Å². The smallest absolute Gasteiger partial charge is 0.276 e. The van der Waals surface area contributed by atoms with Gasteiger partial charge in [-0.05, 0) is 32.9 Å². The molecule has 0 heterocycles. The van der Waals surface area contributed by atoms with Crippen molar-refractivity contribution in [3.8, 4) is 23.0 Å². The van der Waals surface area contributed by atoms with Crippen LogP contribution in [0.25, 0.3) is 0 Å². The molecule has 0 saturated heterocycles. The fourth-order valence-corrected chi connectivity index (χ4v) is 3.15. The molecular weight excluding hydrogens is 473 g/mol. The third kappa shape index (κ3) is 6.49. The Hall–Kier alpha value is -3.04. The number of hydrogen-bond donors (Lipinski definition) is 0. The number of anilines is 1. The highest BCUT2D eigenvalue weighted by molar-refractivity contribution is 6.39. The molecule has 0 aliphatic rings. The highest BCUT2D eigenvalue weighted by Gasteiger charge is 2.29. The molecule has 1 atom stereocenters. The van der Waals surface area contributed by atoms with E-state index in [1.54, 1.807) is 19.1 Å². The number of benzene rings is 2. The van der Waals surface area contributed by atoms with Crippen LogP contribution in [0, 0.1) is 0 Å². The van der Waals surface area contributed by atoms with Crippen molar-refractivity contribution in [2.45, 2.75) is 26.8 Å².